The largest absolute Gasteiger partial charge is 0.376 e. The van der Waals surface area contributed by atoms with Gasteiger partial charge in [0.25, 0.3) is 0 Å². The smallest absolute Gasteiger partial charge is 0.224 e. The first-order valence-electron chi connectivity index (χ1n) is 10.0. The number of hydrogen-bond donors (Lipinski definition) is 2. The molecule has 2 N–H and O–H groups in total. The van der Waals surface area contributed by atoms with E-state index in [1.807, 2.05) is 13.0 Å². The van der Waals surface area contributed by atoms with Crippen molar-refractivity contribution in [1.29, 1.82) is 0 Å². The lowest BCUT2D eigenvalue weighted by Crippen LogP contribution is -2.20. The zero-order chi connectivity index (χ0) is 19.4. The van der Waals surface area contributed by atoms with Gasteiger partial charge in [0.2, 0.25) is 5.95 Å². The Bertz CT molecular complexity index is 741. The first-order valence-corrected chi connectivity index (χ1v) is 10.0. The first kappa shape index (κ1) is 19.6. The van der Waals surface area contributed by atoms with Gasteiger partial charge in [-0.25, -0.2) is 4.98 Å². The van der Waals surface area contributed by atoms with Gasteiger partial charge in [-0.15, -0.1) is 0 Å². The molecule has 27 heavy (non-hydrogen) atoms. The van der Waals surface area contributed by atoms with Crippen LogP contribution in [0.2, 0.25) is 0 Å². The van der Waals surface area contributed by atoms with Crippen LogP contribution in [0.4, 0.5) is 17.5 Å². The number of aryl methyl sites for hydroxylation is 1. The fraction of sp³-hybridized carbons (Fsp3) is 0.545. The van der Waals surface area contributed by atoms with Gasteiger partial charge in [-0.3, -0.25) is 0 Å². The van der Waals surface area contributed by atoms with Gasteiger partial charge in [0.05, 0.1) is 6.10 Å². The second-order valence-corrected chi connectivity index (χ2v) is 7.98. The van der Waals surface area contributed by atoms with E-state index in [0.717, 1.165) is 37.5 Å². The molecule has 0 saturated carbocycles. The lowest BCUT2D eigenvalue weighted by molar-refractivity contribution is 0.120. The highest BCUT2D eigenvalue weighted by Crippen LogP contribution is 2.34. The van der Waals surface area contributed by atoms with Crippen molar-refractivity contribution in [3.05, 3.63) is 41.1 Å². The van der Waals surface area contributed by atoms with Crippen LogP contribution in [0.15, 0.2) is 24.3 Å². The van der Waals surface area contributed by atoms with Crippen LogP contribution in [-0.2, 0) is 4.74 Å². The van der Waals surface area contributed by atoms with Crippen LogP contribution in [0.25, 0.3) is 0 Å². The Morgan fingerprint density at radius 1 is 1.11 bits per heavy atom. The predicted octanol–water partition coefficient (Wildman–Crippen LogP) is 5.37. The number of nitrogens with zero attached hydrogens (tertiary/aromatic N) is 2. The molecule has 5 nitrogen and oxygen atoms in total. The number of ether oxygens (including phenoxy) is 1. The van der Waals surface area contributed by atoms with E-state index in [4.69, 9.17) is 9.72 Å². The minimum atomic E-state index is 0.264. The Kier molecular flexibility index (Phi) is 6.32. The molecular weight excluding hydrogens is 336 g/mol. The maximum absolute atomic E-state index is 5.68. The van der Waals surface area contributed by atoms with Gasteiger partial charge >= 0.3 is 0 Å². The van der Waals surface area contributed by atoms with Crippen LogP contribution in [0, 0.1) is 6.92 Å². The van der Waals surface area contributed by atoms with Gasteiger partial charge in [-0.2, -0.15) is 4.98 Å². The van der Waals surface area contributed by atoms with Crippen molar-refractivity contribution in [3.63, 3.8) is 0 Å². The molecule has 0 amide bonds. The van der Waals surface area contributed by atoms with E-state index in [0.29, 0.717) is 17.8 Å². The Hall–Kier alpha value is -2.14. The summed E-state index contributed by atoms with van der Waals surface area (Å²) in [7, 11) is 0. The molecule has 1 aliphatic heterocycles. The van der Waals surface area contributed by atoms with Crippen LogP contribution in [0.3, 0.4) is 0 Å². The predicted molar refractivity (Wildman–Crippen MR) is 112 cm³/mol. The van der Waals surface area contributed by atoms with E-state index in [-0.39, 0.29) is 6.10 Å². The first-order chi connectivity index (χ1) is 12.9. The third-order valence-electron chi connectivity index (χ3n) is 4.99. The summed E-state index contributed by atoms with van der Waals surface area (Å²) in [5.74, 6) is 2.35. The Balaban J connectivity index is 1.84. The highest BCUT2D eigenvalue weighted by atomic mass is 16.5. The van der Waals surface area contributed by atoms with Gasteiger partial charge in [0.1, 0.15) is 5.82 Å². The maximum atomic E-state index is 5.68. The van der Waals surface area contributed by atoms with Crippen molar-refractivity contribution in [1.82, 2.24) is 9.97 Å². The summed E-state index contributed by atoms with van der Waals surface area (Å²) in [6.45, 7) is 12.5. The molecule has 146 valence electrons. The molecule has 1 fully saturated rings. The topological polar surface area (TPSA) is 59.1 Å². The summed E-state index contributed by atoms with van der Waals surface area (Å²) in [6, 6.07) is 8.54. The van der Waals surface area contributed by atoms with Crippen LogP contribution >= 0.6 is 0 Å². The molecule has 1 unspecified atom stereocenters. The van der Waals surface area contributed by atoms with Gasteiger partial charge in [-0.05, 0) is 42.7 Å². The van der Waals surface area contributed by atoms with Crippen LogP contribution in [0.5, 0.6) is 0 Å². The summed E-state index contributed by atoms with van der Waals surface area (Å²) in [6.07, 6.45) is 2.50. The Labute approximate surface area is 163 Å². The Morgan fingerprint density at radius 3 is 2.41 bits per heavy atom. The van der Waals surface area contributed by atoms with E-state index < -0.39 is 0 Å². The van der Waals surface area contributed by atoms with Crippen molar-refractivity contribution < 1.29 is 4.74 Å². The monoisotopic (exact) mass is 368 g/mol. The quantitative estimate of drug-likeness (QED) is 0.688. The maximum Gasteiger partial charge on any atom is 0.224 e. The SMILES string of the molecule is Cc1cc(Nc2c(C(C)C)cccc2C(C)C)nc(NCC2CCCO2)n1. The molecule has 3 rings (SSSR count). The summed E-state index contributed by atoms with van der Waals surface area (Å²) < 4.78 is 5.68. The summed E-state index contributed by atoms with van der Waals surface area (Å²) in [5.41, 5.74) is 4.74. The van der Waals surface area contributed by atoms with Crippen LogP contribution < -0.4 is 10.6 Å². The fourth-order valence-electron chi connectivity index (χ4n) is 3.55. The minimum absolute atomic E-state index is 0.264. The molecule has 0 radical (unpaired) electrons. The molecule has 0 aliphatic carbocycles. The molecule has 0 spiro atoms. The molecule has 0 bridgehead atoms. The number of aromatic nitrogens is 2. The molecular formula is C22H32N4O. The number of rotatable bonds is 7. The average Bonchev–Trinajstić information content (AvgIpc) is 3.13. The van der Waals surface area contributed by atoms with Crippen molar-refractivity contribution in [2.24, 2.45) is 0 Å². The molecule has 1 aromatic heterocycles. The van der Waals surface area contributed by atoms with E-state index in [9.17, 15) is 0 Å². The molecule has 2 heterocycles. The Morgan fingerprint density at radius 2 is 1.81 bits per heavy atom. The van der Waals surface area contributed by atoms with Crippen molar-refractivity contribution in [2.75, 3.05) is 23.8 Å². The highest BCUT2D eigenvalue weighted by molar-refractivity contribution is 5.67. The van der Waals surface area contributed by atoms with Crippen molar-refractivity contribution >= 4 is 17.5 Å². The fourth-order valence-corrected chi connectivity index (χ4v) is 3.55. The summed E-state index contributed by atoms with van der Waals surface area (Å²) in [4.78, 5) is 9.24. The second-order valence-electron chi connectivity index (χ2n) is 7.98. The van der Waals surface area contributed by atoms with Gasteiger partial charge in [-0.1, -0.05) is 45.9 Å². The minimum Gasteiger partial charge on any atom is -0.376 e. The number of benzene rings is 1. The number of hydrogen-bond acceptors (Lipinski definition) is 5. The molecule has 1 saturated heterocycles. The van der Waals surface area contributed by atoms with E-state index >= 15 is 0 Å². The zero-order valence-corrected chi connectivity index (χ0v) is 17.2. The highest BCUT2D eigenvalue weighted by Gasteiger charge is 2.17. The molecule has 1 aliphatic rings. The van der Waals surface area contributed by atoms with Crippen LogP contribution in [-0.4, -0.2) is 29.2 Å². The molecule has 1 aromatic carbocycles. The number of nitrogens with one attached hydrogen (secondary N) is 2. The van der Waals surface area contributed by atoms with Gasteiger partial charge in [0, 0.05) is 30.6 Å². The second kappa shape index (κ2) is 8.70. The standard InChI is InChI=1S/C22H32N4O/c1-14(2)18-9-6-10-19(15(3)4)21(18)25-20-12-16(5)24-22(26-20)23-13-17-8-7-11-27-17/h6,9-10,12,14-15,17H,7-8,11,13H2,1-5H3,(H2,23,24,25,26). The average molecular weight is 369 g/mol. The zero-order valence-electron chi connectivity index (χ0n) is 17.2. The number of para-hydroxylation sites is 1. The summed E-state index contributed by atoms with van der Waals surface area (Å²) in [5, 5.41) is 6.93. The third-order valence-corrected chi connectivity index (χ3v) is 4.99. The molecule has 1 atom stereocenters. The van der Waals surface area contributed by atoms with E-state index in [2.05, 4.69) is 61.5 Å². The lowest BCUT2D eigenvalue weighted by Gasteiger charge is -2.21. The third kappa shape index (κ3) is 4.98. The van der Waals surface area contributed by atoms with Crippen molar-refractivity contribution in [3.8, 4) is 0 Å². The number of anilines is 3. The normalized spacial score (nSPS) is 16.9. The molecule has 2 aromatic rings. The van der Waals surface area contributed by atoms with Gasteiger partial charge in [0.15, 0.2) is 0 Å². The van der Waals surface area contributed by atoms with Crippen LogP contribution in [0.1, 0.15) is 69.2 Å². The summed E-state index contributed by atoms with van der Waals surface area (Å²) >= 11 is 0. The lowest BCUT2D eigenvalue weighted by atomic mass is 9.92. The van der Waals surface area contributed by atoms with Gasteiger partial charge < -0.3 is 15.4 Å². The molecule has 5 heteroatoms. The van der Waals surface area contributed by atoms with E-state index in [1.165, 1.54) is 16.8 Å². The van der Waals surface area contributed by atoms with E-state index in [1.54, 1.807) is 0 Å². The van der Waals surface area contributed by atoms with Crippen molar-refractivity contribution in [2.45, 2.75) is 65.4 Å².